The molecule has 2 N–H and O–H groups in total. The monoisotopic (exact) mass is 395 g/mol. The van der Waals surface area contributed by atoms with Gasteiger partial charge in [-0.2, -0.15) is 5.26 Å². The number of rotatable bonds is 4. The van der Waals surface area contributed by atoms with E-state index in [4.69, 9.17) is 10.2 Å². The van der Waals surface area contributed by atoms with Gasteiger partial charge in [0.1, 0.15) is 0 Å². The average Bonchev–Trinajstić information content (AvgIpc) is 3.36. The first-order chi connectivity index (χ1) is 14.7. The number of benzene rings is 2. The van der Waals surface area contributed by atoms with E-state index in [1.165, 1.54) is 18.4 Å². The van der Waals surface area contributed by atoms with Crippen molar-refractivity contribution in [1.82, 2.24) is 15.3 Å². The van der Waals surface area contributed by atoms with Crippen LogP contribution in [-0.4, -0.2) is 29.1 Å². The summed E-state index contributed by atoms with van der Waals surface area (Å²) in [5, 5.41) is 16.2. The molecule has 1 saturated heterocycles. The summed E-state index contributed by atoms with van der Waals surface area (Å²) in [7, 11) is 0. The zero-order chi connectivity index (χ0) is 20.5. The second kappa shape index (κ2) is 7.89. The van der Waals surface area contributed by atoms with E-state index in [1.807, 2.05) is 30.5 Å². The normalized spacial score (nSPS) is 22.5. The van der Waals surface area contributed by atoms with Crippen molar-refractivity contribution in [1.29, 1.82) is 5.26 Å². The lowest BCUT2D eigenvalue weighted by molar-refractivity contribution is 0.494. The maximum absolute atomic E-state index is 9.14. The van der Waals surface area contributed by atoms with Crippen molar-refractivity contribution in [2.75, 3.05) is 18.4 Å². The van der Waals surface area contributed by atoms with E-state index in [9.17, 15) is 0 Å². The Bertz CT molecular complexity index is 1070. The Morgan fingerprint density at radius 3 is 2.30 bits per heavy atom. The van der Waals surface area contributed by atoms with Crippen LogP contribution in [0.15, 0.2) is 54.7 Å². The Hall–Kier alpha value is -3.23. The van der Waals surface area contributed by atoms with Gasteiger partial charge in [-0.05, 0) is 62.4 Å². The molecule has 5 nitrogen and oxygen atoms in total. The molecule has 1 aromatic heterocycles. The molecular formula is C25H25N5. The lowest BCUT2D eigenvalue weighted by atomic mass is 9.99. The smallest absolute Gasteiger partial charge is 0.223 e. The molecule has 2 atom stereocenters. The van der Waals surface area contributed by atoms with Crippen LogP contribution >= 0.6 is 0 Å². The van der Waals surface area contributed by atoms with Gasteiger partial charge in [-0.3, -0.25) is 0 Å². The minimum absolute atomic E-state index is 0.432. The molecule has 0 amide bonds. The molecule has 2 heterocycles. The number of fused-ring (bicyclic) bond motifs is 1. The summed E-state index contributed by atoms with van der Waals surface area (Å²) in [6, 6.07) is 18.7. The number of anilines is 1. The summed E-state index contributed by atoms with van der Waals surface area (Å²) < 4.78 is 0. The molecule has 0 radical (unpaired) electrons. The molecule has 150 valence electrons. The topological polar surface area (TPSA) is 73.6 Å². The van der Waals surface area contributed by atoms with Gasteiger partial charge in [-0.15, -0.1) is 0 Å². The number of aryl methyl sites for hydroxylation is 1. The van der Waals surface area contributed by atoms with Gasteiger partial charge in [0.05, 0.1) is 17.3 Å². The van der Waals surface area contributed by atoms with Crippen LogP contribution in [0, 0.1) is 30.1 Å². The predicted octanol–water partition coefficient (Wildman–Crippen LogP) is 4.40. The minimum atomic E-state index is 0.432. The molecule has 2 unspecified atom stereocenters. The first-order valence-electron chi connectivity index (χ1n) is 10.6. The molecule has 3 aromatic rings. The van der Waals surface area contributed by atoms with Crippen LogP contribution in [0.5, 0.6) is 0 Å². The SMILES string of the molecule is Cc1ccc(-c2cnc(NC3CC4CNCC4C3)nc2-c2ccc(C#N)cc2)cc1. The van der Waals surface area contributed by atoms with Gasteiger partial charge in [0.15, 0.2) is 0 Å². The van der Waals surface area contributed by atoms with Crippen LogP contribution in [0.25, 0.3) is 22.4 Å². The zero-order valence-corrected chi connectivity index (χ0v) is 17.1. The molecule has 0 bridgehead atoms. The number of aromatic nitrogens is 2. The highest BCUT2D eigenvalue weighted by Gasteiger charge is 2.37. The Morgan fingerprint density at radius 2 is 1.63 bits per heavy atom. The molecule has 0 spiro atoms. The fourth-order valence-corrected chi connectivity index (χ4v) is 4.79. The largest absolute Gasteiger partial charge is 0.351 e. The molecule has 2 fully saturated rings. The summed E-state index contributed by atoms with van der Waals surface area (Å²) in [5.41, 5.74) is 5.84. The maximum atomic E-state index is 9.14. The standard InChI is InChI=1S/C25H25N5/c1-16-2-6-18(7-3-16)23-15-28-25(29-22-10-20-13-27-14-21(20)11-22)30-24(23)19-8-4-17(12-26)5-9-19/h2-9,15,20-22,27H,10-11,13-14H2,1H3,(H,28,29,30). The second-order valence-corrected chi connectivity index (χ2v) is 8.50. The van der Waals surface area contributed by atoms with E-state index in [2.05, 4.69) is 52.9 Å². The van der Waals surface area contributed by atoms with E-state index in [-0.39, 0.29) is 0 Å². The molecule has 2 aromatic carbocycles. The third-order valence-electron chi connectivity index (χ3n) is 6.43. The van der Waals surface area contributed by atoms with Crippen LogP contribution < -0.4 is 10.6 Å². The van der Waals surface area contributed by atoms with Gasteiger partial charge in [0.2, 0.25) is 5.95 Å². The van der Waals surface area contributed by atoms with Crippen molar-refractivity contribution >= 4 is 5.95 Å². The summed E-state index contributed by atoms with van der Waals surface area (Å²) in [5.74, 6) is 2.22. The molecule has 1 aliphatic carbocycles. The van der Waals surface area contributed by atoms with E-state index < -0.39 is 0 Å². The molecule has 1 saturated carbocycles. The van der Waals surface area contributed by atoms with Gasteiger partial charge in [0.25, 0.3) is 0 Å². The highest BCUT2D eigenvalue weighted by Crippen LogP contribution is 2.36. The summed E-state index contributed by atoms with van der Waals surface area (Å²) in [6.07, 6.45) is 4.27. The van der Waals surface area contributed by atoms with E-state index in [0.717, 1.165) is 47.3 Å². The van der Waals surface area contributed by atoms with Crippen molar-refractivity contribution < 1.29 is 0 Å². The van der Waals surface area contributed by atoms with Crippen LogP contribution in [0.1, 0.15) is 24.0 Å². The highest BCUT2D eigenvalue weighted by molar-refractivity contribution is 5.81. The van der Waals surface area contributed by atoms with Crippen LogP contribution in [0.2, 0.25) is 0 Å². The first kappa shape index (κ1) is 18.8. The summed E-state index contributed by atoms with van der Waals surface area (Å²) >= 11 is 0. The molecule has 1 aliphatic heterocycles. The van der Waals surface area contributed by atoms with Gasteiger partial charge in [-0.25, -0.2) is 9.97 Å². The lowest BCUT2D eigenvalue weighted by Crippen LogP contribution is -2.21. The Labute approximate surface area is 177 Å². The number of hydrogen-bond donors (Lipinski definition) is 2. The Morgan fingerprint density at radius 1 is 0.967 bits per heavy atom. The fourth-order valence-electron chi connectivity index (χ4n) is 4.79. The van der Waals surface area contributed by atoms with Crippen LogP contribution in [0.4, 0.5) is 5.95 Å². The fraction of sp³-hybridized carbons (Fsp3) is 0.320. The van der Waals surface area contributed by atoms with Crippen molar-refractivity contribution in [3.63, 3.8) is 0 Å². The number of nitriles is 1. The van der Waals surface area contributed by atoms with Crippen LogP contribution in [-0.2, 0) is 0 Å². The number of nitrogens with zero attached hydrogens (tertiary/aromatic N) is 3. The third kappa shape index (κ3) is 3.67. The number of nitrogens with one attached hydrogen (secondary N) is 2. The Kier molecular flexibility index (Phi) is 4.94. The lowest BCUT2D eigenvalue weighted by Gasteiger charge is -2.16. The predicted molar refractivity (Wildman–Crippen MR) is 119 cm³/mol. The summed E-state index contributed by atoms with van der Waals surface area (Å²) in [6.45, 7) is 4.35. The van der Waals surface area contributed by atoms with Gasteiger partial charge in [-0.1, -0.05) is 42.0 Å². The molecule has 5 rings (SSSR count). The average molecular weight is 396 g/mol. The second-order valence-electron chi connectivity index (χ2n) is 8.50. The zero-order valence-electron chi connectivity index (χ0n) is 17.1. The quantitative estimate of drug-likeness (QED) is 0.685. The van der Waals surface area contributed by atoms with Gasteiger partial charge >= 0.3 is 0 Å². The van der Waals surface area contributed by atoms with Crippen molar-refractivity contribution in [3.8, 4) is 28.5 Å². The van der Waals surface area contributed by atoms with Crippen molar-refractivity contribution in [2.24, 2.45) is 11.8 Å². The van der Waals surface area contributed by atoms with Gasteiger partial charge < -0.3 is 10.6 Å². The molecule has 2 aliphatic rings. The first-order valence-corrected chi connectivity index (χ1v) is 10.6. The Balaban J connectivity index is 1.49. The summed E-state index contributed by atoms with van der Waals surface area (Å²) in [4.78, 5) is 9.60. The van der Waals surface area contributed by atoms with E-state index in [0.29, 0.717) is 17.6 Å². The van der Waals surface area contributed by atoms with E-state index >= 15 is 0 Å². The maximum Gasteiger partial charge on any atom is 0.223 e. The van der Waals surface area contributed by atoms with Crippen molar-refractivity contribution in [3.05, 3.63) is 65.9 Å². The number of hydrogen-bond acceptors (Lipinski definition) is 5. The third-order valence-corrected chi connectivity index (χ3v) is 6.43. The highest BCUT2D eigenvalue weighted by atomic mass is 15.1. The van der Waals surface area contributed by atoms with Crippen LogP contribution in [0.3, 0.4) is 0 Å². The van der Waals surface area contributed by atoms with E-state index in [1.54, 1.807) is 0 Å². The minimum Gasteiger partial charge on any atom is -0.351 e. The molecule has 5 heteroatoms. The van der Waals surface area contributed by atoms with Crippen molar-refractivity contribution in [2.45, 2.75) is 25.8 Å². The molecule has 30 heavy (non-hydrogen) atoms. The molecular weight excluding hydrogens is 370 g/mol. The van der Waals surface area contributed by atoms with Gasteiger partial charge in [0, 0.05) is 23.4 Å².